The van der Waals surface area contributed by atoms with Gasteiger partial charge in [-0.15, -0.1) is 0 Å². The highest BCUT2D eigenvalue weighted by molar-refractivity contribution is 5.87. The zero-order valence-corrected chi connectivity index (χ0v) is 16.1. The molecule has 156 valence electrons. The van der Waals surface area contributed by atoms with Crippen LogP contribution in [0.15, 0.2) is 47.4 Å². The van der Waals surface area contributed by atoms with Crippen molar-refractivity contribution in [1.29, 1.82) is 0 Å². The smallest absolute Gasteiger partial charge is 0.449 e. The third-order valence-corrected chi connectivity index (χ3v) is 5.04. The van der Waals surface area contributed by atoms with Crippen LogP contribution in [0.25, 0.3) is 16.6 Å². The molecule has 1 aliphatic heterocycles. The normalized spacial score (nSPS) is 16.6. The number of ether oxygens (including phenoxy) is 1. The van der Waals surface area contributed by atoms with Gasteiger partial charge in [-0.1, -0.05) is 18.2 Å². The van der Waals surface area contributed by atoms with Gasteiger partial charge in [0, 0.05) is 31.4 Å². The van der Waals surface area contributed by atoms with E-state index in [1.807, 2.05) is 6.92 Å². The van der Waals surface area contributed by atoms with Crippen molar-refractivity contribution in [2.75, 3.05) is 24.5 Å². The van der Waals surface area contributed by atoms with Gasteiger partial charge in [0.05, 0.1) is 17.1 Å². The Kier molecular flexibility index (Phi) is 5.13. The first-order chi connectivity index (χ1) is 14.4. The molecular formula is C21H19F2N3O4. The van der Waals surface area contributed by atoms with E-state index in [9.17, 15) is 14.0 Å². The van der Waals surface area contributed by atoms with E-state index in [-0.39, 0.29) is 22.6 Å². The van der Waals surface area contributed by atoms with E-state index in [0.29, 0.717) is 25.3 Å². The summed E-state index contributed by atoms with van der Waals surface area (Å²) in [5, 5.41) is 11.9. The van der Waals surface area contributed by atoms with Gasteiger partial charge in [-0.3, -0.25) is 4.79 Å². The van der Waals surface area contributed by atoms with Crippen LogP contribution in [0, 0.1) is 11.6 Å². The molecule has 1 aliphatic rings. The lowest BCUT2D eigenvalue weighted by Crippen LogP contribution is -2.49. The summed E-state index contributed by atoms with van der Waals surface area (Å²) in [5.74, 6) is -2.32. The van der Waals surface area contributed by atoms with Crippen molar-refractivity contribution < 1.29 is 23.4 Å². The molecule has 4 rings (SSSR count). The standard InChI is InChI=1S/C21H19F2N3O4/c1-12-10-25(8-7-24-12)19-15(22)9-14-18(17(19)23)26(13-5-3-2-4-6-13)11-16(20(14)27)30-21(28)29/h2-6,9,11-12,24H,7-8,10H2,1H3,(H,28,29). The molecule has 1 aromatic heterocycles. The lowest BCUT2D eigenvalue weighted by Gasteiger charge is -2.34. The number of carboxylic acid groups (broad SMARTS) is 1. The summed E-state index contributed by atoms with van der Waals surface area (Å²) in [6.07, 6.45) is -0.586. The fraction of sp³-hybridized carbons (Fsp3) is 0.238. The van der Waals surface area contributed by atoms with E-state index in [4.69, 9.17) is 5.11 Å². The molecule has 1 atom stereocenters. The number of anilines is 1. The van der Waals surface area contributed by atoms with Gasteiger partial charge in [-0.2, -0.15) is 0 Å². The van der Waals surface area contributed by atoms with E-state index >= 15 is 4.39 Å². The third kappa shape index (κ3) is 3.48. The van der Waals surface area contributed by atoms with Crippen LogP contribution in [0.4, 0.5) is 19.3 Å². The predicted molar refractivity (Wildman–Crippen MR) is 108 cm³/mol. The van der Waals surface area contributed by atoms with Crippen LogP contribution in [0.3, 0.4) is 0 Å². The van der Waals surface area contributed by atoms with E-state index in [2.05, 4.69) is 10.1 Å². The Labute approximate surface area is 170 Å². The number of para-hydroxylation sites is 1. The molecule has 30 heavy (non-hydrogen) atoms. The summed E-state index contributed by atoms with van der Waals surface area (Å²) >= 11 is 0. The highest BCUT2D eigenvalue weighted by atomic mass is 19.1. The van der Waals surface area contributed by atoms with Crippen molar-refractivity contribution in [2.45, 2.75) is 13.0 Å². The average Bonchev–Trinajstić information content (AvgIpc) is 2.71. The minimum Gasteiger partial charge on any atom is -0.449 e. The van der Waals surface area contributed by atoms with Gasteiger partial charge in [-0.25, -0.2) is 13.6 Å². The van der Waals surface area contributed by atoms with Gasteiger partial charge in [-0.05, 0) is 25.1 Å². The molecule has 1 fully saturated rings. The molecule has 0 radical (unpaired) electrons. The summed E-state index contributed by atoms with van der Waals surface area (Å²) in [6, 6.07) is 9.46. The number of nitrogens with zero attached hydrogens (tertiary/aromatic N) is 2. The Morgan fingerprint density at radius 1 is 1.27 bits per heavy atom. The second-order valence-electron chi connectivity index (χ2n) is 7.11. The van der Waals surface area contributed by atoms with Crippen LogP contribution < -0.4 is 20.4 Å². The fourth-order valence-electron chi connectivity index (χ4n) is 3.76. The van der Waals surface area contributed by atoms with Gasteiger partial charge in [0.25, 0.3) is 0 Å². The highest BCUT2D eigenvalue weighted by Crippen LogP contribution is 2.32. The number of pyridine rings is 1. The Morgan fingerprint density at radius 2 is 2.00 bits per heavy atom. The quantitative estimate of drug-likeness (QED) is 0.640. The van der Waals surface area contributed by atoms with Crippen LogP contribution in [0.5, 0.6) is 5.75 Å². The molecular weight excluding hydrogens is 396 g/mol. The lowest BCUT2D eigenvalue weighted by atomic mass is 10.1. The molecule has 0 saturated carbocycles. The molecule has 2 heterocycles. The maximum absolute atomic E-state index is 15.7. The summed E-state index contributed by atoms with van der Waals surface area (Å²) in [4.78, 5) is 25.3. The number of hydrogen-bond acceptors (Lipinski definition) is 5. The first kappa shape index (κ1) is 19.8. The van der Waals surface area contributed by atoms with E-state index < -0.39 is 29.0 Å². The average molecular weight is 415 g/mol. The molecule has 0 spiro atoms. The maximum atomic E-state index is 15.7. The number of fused-ring (bicyclic) bond motifs is 1. The largest absolute Gasteiger partial charge is 0.511 e. The molecule has 0 amide bonds. The topological polar surface area (TPSA) is 83.8 Å². The Hall–Kier alpha value is -3.46. The van der Waals surface area contributed by atoms with Crippen molar-refractivity contribution in [2.24, 2.45) is 0 Å². The second-order valence-corrected chi connectivity index (χ2v) is 7.11. The van der Waals surface area contributed by atoms with Crippen molar-refractivity contribution >= 4 is 22.7 Å². The number of carbonyl (C=O) groups is 1. The summed E-state index contributed by atoms with van der Waals surface area (Å²) < 4.78 is 36.6. The van der Waals surface area contributed by atoms with E-state index in [1.165, 1.54) is 4.57 Å². The first-order valence-electron chi connectivity index (χ1n) is 9.38. The Balaban J connectivity index is 2.03. The van der Waals surface area contributed by atoms with E-state index in [0.717, 1.165) is 12.3 Å². The highest BCUT2D eigenvalue weighted by Gasteiger charge is 2.27. The van der Waals surface area contributed by atoms with Crippen molar-refractivity contribution in [1.82, 2.24) is 9.88 Å². The van der Waals surface area contributed by atoms with Gasteiger partial charge in [0.2, 0.25) is 5.43 Å². The van der Waals surface area contributed by atoms with Gasteiger partial charge in [0.1, 0.15) is 11.5 Å². The molecule has 0 bridgehead atoms. The van der Waals surface area contributed by atoms with Crippen LogP contribution in [-0.2, 0) is 0 Å². The number of aromatic nitrogens is 1. The molecule has 1 saturated heterocycles. The molecule has 3 aromatic rings. The van der Waals surface area contributed by atoms with E-state index in [1.54, 1.807) is 35.2 Å². The third-order valence-electron chi connectivity index (χ3n) is 5.04. The molecule has 2 aromatic carbocycles. The minimum absolute atomic E-state index is 0.0379. The van der Waals surface area contributed by atoms with Crippen molar-refractivity contribution in [3.05, 3.63) is 64.5 Å². The SMILES string of the molecule is CC1CN(c2c(F)cc3c(=O)c(OC(=O)O)cn(-c4ccccc4)c3c2F)CCN1. The van der Waals surface area contributed by atoms with Crippen LogP contribution in [0.1, 0.15) is 6.92 Å². The van der Waals surface area contributed by atoms with Gasteiger partial charge in [0.15, 0.2) is 11.6 Å². The first-order valence-corrected chi connectivity index (χ1v) is 9.38. The summed E-state index contributed by atoms with van der Waals surface area (Å²) in [6.45, 7) is 3.28. The van der Waals surface area contributed by atoms with Gasteiger partial charge >= 0.3 is 6.16 Å². The number of hydrogen-bond donors (Lipinski definition) is 2. The molecule has 1 unspecified atom stereocenters. The summed E-state index contributed by atoms with van der Waals surface area (Å²) in [5.41, 5.74) is -0.807. The van der Waals surface area contributed by atoms with Crippen LogP contribution in [0.2, 0.25) is 0 Å². The minimum atomic E-state index is -1.70. The number of nitrogens with one attached hydrogen (secondary N) is 1. The van der Waals surface area contributed by atoms with Gasteiger partial charge < -0.3 is 24.6 Å². The fourth-order valence-corrected chi connectivity index (χ4v) is 3.76. The number of benzene rings is 2. The number of rotatable bonds is 3. The maximum Gasteiger partial charge on any atom is 0.511 e. The molecule has 7 nitrogen and oxygen atoms in total. The molecule has 9 heteroatoms. The number of piperazine rings is 1. The summed E-state index contributed by atoms with van der Waals surface area (Å²) in [7, 11) is 0. The number of halogens is 2. The zero-order chi connectivity index (χ0) is 21.4. The Bertz CT molecular complexity index is 1180. The monoisotopic (exact) mass is 415 g/mol. The van der Waals surface area contributed by atoms with Crippen molar-refractivity contribution in [3.63, 3.8) is 0 Å². The Morgan fingerprint density at radius 3 is 2.67 bits per heavy atom. The second kappa shape index (κ2) is 7.75. The zero-order valence-electron chi connectivity index (χ0n) is 16.1. The molecule has 0 aliphatic carbocycles. The van der Waals surface area contributed by atoms with Crippen LogP contribution >= 0.6 is 0 Å². The lowest BCUT2D eigenvalue weighted by molar-refractivity contribution is 0.144. The predicted octanol–water partition coefficient (Wildman–Crippen LogP) is 3.12. The van der Waals surface area contributed by atoms with Crippen molar-refractivity contribution in [3.8, 4) is 11.4 Å². The van der Waals surface area contributed by atoms with Crippen LogP contribution in [-0.4, -0.2) is 41.5 Å². The molecule has 2 N–H and O–H groups in total.